The van der Waals surface area contributed by atoms with Crippen molar-refractivity contribution in [2.24, 2.45) is 0 Å². The molecule has 0 fully saturated rings. The molecule has 1 aromatic heterocycles. The molecule has 0 saturated heterocycles. The minimum Gasteiger partial charge on any atom is -0.497 e. The van der Waals surface area contributed by atoms with Crippen molar-refractivity contribution in [1.29, 1.82) is 0 Å². The quantitative estimate of drug-likeness (QED) is 0.417. The van der Waals surface area contributed by atoms with Crippen molar-refractivity contribution in [3.05, 3.63) is 48.3 Å². The first kappa shape index (κ1) is 26.0. The van der Waals surface area contributed by atoms with Crippen LogP contribution in [0.5, 0.6) is 5.75 Å². The van der Waals surface area contributed by atoms with Crippen molar-refractivity contribution in [2.75, 3.05) is 44.9 Å². The summed E-state index contributed by atoms with van der Waals surface area (Å²) < 4.78 is 44.3. The molecule has 174 valence electrons. The zero-order valence-corrected chi connectivity index (χ0v) is 20.4. The zero-order chi connectivity index (χ0) is 22.6. The molecule has 0 aliphatic carbocycles. The van der Waals surface area contributed by atoms with Gasteiger partial charge in [0.25, 0.3) is 0 Å². The van der Waals surface area contributed by atoms with Gasteiger partial charge in [-0.15, -0.1) is 12.4 Å². The number of thiazole rings is 1. The van der Waals surface area contributed by atoms with Crippen molar-refractivity contribution in [3.63, 3.8) is 0 Å². The molecule has 0 unspecified atom stereocenters. The molecule has 0 N–H and O–H groups in total. The van der Waals surface area contributed by atoms with Gasteiger partial charge in [-0.3, -0.25) is 9.69 Å². The molecule has 32 heavy (non-hydrogen) atoms. The van der Waals surface area contributed by atoms with Gasteiger partial charge in [-0.25, -0.2) is 17.8 Å². The number of hydrogen-bond acceptors (Lipinski definition) is 7. The summed E-state index contributed by atoms with van der Waals surface area (Å²) in [4.78, 5) is 21.0. The number of nitrogens with zero attached hydrogens (tertiary/aromatic N) is 3. The van der Waals surface area contributed by atoms with Crippen molar-refractivity contribution in [2.45, 2.75) is 11.3 Å². The lowest BCUT2D eigenvalue weighted by atomic mass is 10.3. The van der Waals surface area contributed by atoms with Crippen LogP contribution < -0.4 is 9.64 Å². The predicted molar refractivity (Wildman–Crippen MR) is 127 cm³/mol. The summed E-state index contributed by atoms with van der Waals surface area (Å²) in [5.74, 6) is -0.524. The molecule has 3 aromatic rings. The molecule has 0 spiro atoms. The van der Waals surface area contributed by atoms with Crippen LogP contribution >= 0.6 is 23.7 Å². The Kier molecular flexibility index (Phi) is 8.97. The fraction of sp³-hybridized carbons (Fsp3) is 0.333. The van der Waals surface area contributed by atoms with E-state index in [0.717, 1.165) is 22.3 Å². The number of ether oxygens (including phenoxy) is 1. The van der Waals surface area contributed by atoms with E-state index in [0.29, 0.717) is 24.0 Å². The Morgan fingerprint density at radius 2 is 1.81 bits per heavy atom. The Morgan fingerprint density at radius 1 is 1.12 bits per heavy atom. The largest absolute Gasteiger partial charge is 0.497 e. The molecule has 0 atom stereocenters. The van der Waals surface area contributed by atoms with Crippen LogP contribution in [0.3, 0.4) is 0 Å². The van der Waals surface area contributed by atoms with E-state index in [-0.39, 0.29) is 35.4 Å². The molecule has 1 heterocycles. The number of methoxy groups -OCH3 is 1. The first-order valence-electron chi connectivity index (χ1n) is 9.57. The van der Waals surface area contributed by atoms with Crippen LogP contribution in [0.1, 0.15) is 6.42 Å². The molecule has 0 aliphatic rings. The van der Waals surface area contributed by atoms with Gasteiger partial charge in [0.15, 0.2) is 15.0 Å². The molecule has 2 aromatic carbocycles. The average Bonchev–Trinajstić information content (AvgIpc) is 3.15. The third-order valence-corrected chi connectivity index (χ3v) is 7.42. The second-order valence-electron chi connectivity index (χ2n) is 7.20. The normalized spacial score (nSPS) is 11.4. The van der Waals surface area contributed by atoms with E-state index >= 15 is 0 Å². The fourth-order valence-electron chi connectivity index (χ4n) is 2.88. The molecule has 0 aliphatic heterocycles. The maximum absolute atomic E-state index is 13.1. The molecule has 0 bridgehead atoms. The van der Waals surface area contributed by atoms with Crippen LogP contribution in [0.4, 0.5) is 9.52 Å². The number of likely N-dealkylation sites (N-methyl/N-ethyl adjacent to an activating group) is 1. The van der Waals surface area contributed by atoms with Crippen LogP contribution in [-0.4, -0.2) is 64.3 Å². The fourth-order valence-corrected chi connectivity index (χ4v) is 5.15. The number of carbonyl (C=O) groups is 1. The average molecular weight is 502 g/mol. The van der Waals surface area contributed by atoms with E-state index in [1.165, 1.54) is 28.4 Å². The van der Waals surface area contributed by atoms with Gasteiger partial charge in [0, 0.05) is 19.5 Å². The number of rotatable bonds is 9. The standard InChI is InChI=1S/C21H24FN3O4S2.ClH/c1-24(2)11-12-25(21-23-18-9-6-16(29-3)14-19(18)30-21)20(26)10-13-31(27,28)17-7-4-15(22)5-8-17;/h4-9,14H,10-13H2,1-3H3;1H. The van der Waals surface area contributed by atoms with Gasteiger partial charge in [-0.1, -0.05) is 11.3 Å². The van der Waals surface area contributed by atoms with Crippen molar-refractivity contribution < 1.29 is 22.3 Å². The molecule has 0 saturated carbocycles. The van der Waals surface area contributed by atoms with Gasteiger partial charge in [0.1, 0.15) is 11.6 Å². The van der Waals surface area contributed by atoms with Crippen LogP contribution in [0.15, 0.2) is 47.4 Å². The summed E-state index contributed by atoms with van der Waals surface area (Å²) in [5, 5.41) is 0.509. The number of amides is 1. The van der Waals surface area contributed by atoms with Gasteiger partial charge in [0.2, 0.25) is 5.91 Å². The van der Waals surface area contributed by atoms with Crippen molar-refractivity contribution >= 4 is 54.8 Å². The predicted octanol–water partition coefficient (Wildman–Crippen LogP) is 3.62. The first-order chi connectivity index (χ1) is 14.7. The summed E-state index contributed by atoms with van der Waals surface area (Å²) in [6.07, 6.45) is -0.202. The van der Waals surface area contributed by atoms with Gasteiger partial charge in [-0.05, 0) is 56.6 Å². The van der Waals surface area contributed by atoms with E-state index in [4.69, 9.17) is 4.74 Å². The Morgan fingerprint density at radius 3 is 2.44 bits per heavy atom. The molecule has 0 radical (unpaired) electrons. The van der Waals surface area contributed by atoms with Gasteiger partial charge >= 0.3 is 0 Å². The van der Waals surface area contributed by atoms with E-state index in [1.807, 2.05) is 31.1 Å². The number of halogens is 2. The molecule has 1 amide bonds. The number of hydrogen-bond donors (Lipinski definition) is 0. The van der Waals surface area contributed by atoms with Crippen molar-refractivity contribution in [1.82, 2.24) is 9.88 Å². The number of sulfone groups is 1. The van der Waals surface area contributed by atoms with Crippen molar-refractivity contribution in [3.8, 4) is 5.75 Å². The Balaban J connectivity index is 0.00000363. The lowest BCUT2D eigenvalue weighted by Crippen LogP contribution is -2.37. The monoisotopic (exact) mass is 501 g/mol. The molecule has 3 rings (SSSR count). The maximum Gasteiger partial charge on any atom is 0.229 e. The Labute approximate surface area is 197 Å². The van der Waals surface area contributed by atoms with Gasteiger partial charge < -0.3 is 9.64 Å². The minimum atomic E-state index is -3.71. The van der Waals surface area contributed by atoms with Crippen LogP contribution in [0.2, 0.25) is 0 Å². The Bertz CT molecular complexity index is 1170. The smallest absolute Gasteiger partial charge is 0.229 e. The van der Waals surface area contributed by atoms with E-state index in [9.17, 15) is 17.6 Å². The highest BCUT2D eigenvalue weighted by molar-refractivity contribution is 7.91. The number of aromatic nitrogens is 1. The van der Waals surface area contributed by atoms with E-state index < -0.39 is 15.7 Å². The van der Waals surface area contributed by atoms with Gasteiger partial charge in [0.05, 0.1) is 28.0 Å². The Hall–Kier alpha value is -2.27. The second kappa shape index (κ2) is 11.0. The van der Waals surface area contributed by atoms with E-state index in [2.05, 4.69) is 4.98 Å². The molecule has 7 nitrogen and oxygen atoms in total. The summed E-state index contributed by atoms with van der Waals surface area (Å²) in [6.45, 7) is 0.967. The highest BCUT2D eigenvalue weighted by Crippen LogP contribution is 2.31. The summed E-state index contributed by atoms with van der Waals surface area (Å²) in [6, 6.07) is 10.1. The van der Waals surface area contributed by atoms with Crippen LogP contribution in [0, 0.1) is 5.82 Å². The molecular weight excluding hydrogens is 477 g/mol. The molecule has 11 heteroatoms. The van der Waals surface area contributed by atoms with Crippen LogP contribution in [-0.2, 0) is 14.6 Å². The third-order valence-electron chi connectivity index (χ3n) is 4.64. The number of benzene rings is 2. The maximum atomic E-state index is 13.1. The van der Waals surface area contributed by atoms with Crippen LogP contribution in [0.25, 0.3) is 10.2 Å². The van der Waals surface area contributed by atoms with E-state index in [1.54, 1.807) is 13.2 Å². The highest BCUT2D eigenvalue weighted by Gasteiger charge is 2.23. The lowest BCUT2D eigenvalue weighted by Gasteiger charge is -2.22. The SMILES string of the molecule is COc1ccc2nc(N(CCN(C)C)C(=O)CCS(=O)(=O)c3ccc(F)cc3)sc2c1.Cl. The second-order valence-corrected chi connectivity index (χ2v) is 10.3. The zero-order valence-electron chi connectivity index (χ0n) is 17.9. The van der Waals surface area contributed by atoms with Gasteiger partial charge in [-0.2, -0.15) is 0 Å². The third kappa shape index (κ3) is 6.38. The summed E-state index contributed by atoms with van der Waals surface area (Å²) in [5.41, 5.74) is 0.738. The first-order valence-corrected chi connectivity index (χ1v) is 12.0. The summed E-state index contributed by atoms with van der Waals surface area (Å²) in [7, 11) is 1.66. The lowest BCUT2D eigenvalue weighted by molar-refractivity contribution is -0.118. The minimum absolute atomic E-state index is 0. The highest BCUT2D eigenvalue weighted by atomic mass is 35.5. The summed E-state index contributed by atoms with van der Waals surface area (Å²) >= 11 is 1.35. The number of anilines is 1. The topological polar surface area (TPSA) is 79.8 Å². The molecular formula is C21H25ClFN3O4S2. The number of fused-ring (bicyclic) bond motifs is 1. The number of carbonyl (C=O) groups excluding carboxylic acids is 1.